The maximum atomic E-state index is 13.1. The van der Waals surface area contributed by atoms with Crippen molar-refractivity contribution in [2.45, 2.75) is 25.8 Å². The highest BCUT2D eigenvalue weighted by Crippen LogP contribution is 2.30. The molecule has 1 saturated heterocycles. The lowest BCUT2D eigenvalue weighted by Crippen LogP contribution is -2.24. The van der Waals surface area contributed by atoms with E-state index in [1.807, 2.05) is 5.38 Å². The summed E-state index contributed by atoms with van der Waals surface area (Å²) in [5.74, 6) is 0.981. The van der Waals surface area contributed by atoms with Crippen molar-refractivity contribution in [3.05, 3.63) is 63.9 Å². The molecule has 3 aromatic rings. The summed E-state index contributed by atoms with van der Waals surface area (Å²) in [4.78, 5) is 17.6. The minimum atomic E-state index is -0.282. The highest BCUT2D eigenvalue weighted by atomic mass is 32.1. The Morgan fingerprint density at radius 3 is 2.89 bits per heavy atom. The Morgan fingerprint density at radius 1 is 1.36 bits per heavy atom. The third-order valence-corrected chi connectivity index (χ3v) is 5.60. The van der Waals surface area contributed by atoms with Crippen molar-refractivity contribution in [2.75, 3.05) is 18.5 Å². The van der Waals surface area contributed by atoms with Gasteiger partial charge in [0.05, 0.1) is 5.56 Å². The molecule has 0 saturated carbocycles. The molecule has 0 spiro atoms. The molecule has 0 radical (unpaired) electrons. The minimum Gasteiger partial charge on any atom is -0.381 e. The van der Waals surface area contributed by atoms with Gasteiger partial charge in [0.1, 0.15) is 5.82 Å². The van der Waals surface area contributed by atoms with Crippen LogP contribution in [0.1, 0.15) is 41.0 Å². The van der Waals surface area contributed by atoms with E-state index in [-0.39, 0.29) is 23.6 Å². The second-order valence-electron chi connectivity index (χ2n) is 6.95. The fraction of sp³-hybridized carbons (Fsp3) is 0.350. The summed E-state index contributed by atoms with van der Waals surface area (Å²) in [6, 6.07) is 7.99. The van der Waals surface area contributed by atoms with Gasteiger partial charge in [-0.05, 0) is 41.5 Å². The molecule has 1 aromatic carbocycles. The topological polar surface area (TPSA) is 69.0 Å². The van der Waals surface area contributed by atoms with Gasteiger partial charge in [0.25, 0.3) is 5.91 Å². The van der Waals surface area contributed by atoms with E-state index in [4.69, 9.17) is 4.74 Å². The van der Waals surface area contributed by atoms with Crippen molar-refractivity contribution >= 4 is 23.2 Å². The number of nitrogens with one attached hydrogen (secondary N) is 1. The molecule has 6 nitrogen and oxygen atoms in total. The third kappa shape index (κ3) is 3.98. The van der Waals surface area contributed by atoms with E-state index >= 15 is 0 Å². The number of nitrogens with zero attached hydrogens (tertiary/aromatic N) is 3. The maximum absolute atomic E-state index is 13.1. The number of carbonyl (C=O) groups excluding carboxylic acids is 1. The van der Waals surface area contributed by atoms with Crippen LogP contribution in [0.5, 0.6) is 0 Å². The summed E-state index contributed by atoms with van der Waals surface area (Å²) >= 11 is 1.46. The van der Waals surface area contributed by atoms with Crippen LogP contribution in [0.15, 0.2) is 41.1 Å². The van der Waals surface area contributed by atoms with E-state index in [9.17, 15) is 9.18 Å². The van der Waals surface area contributed by atoms with Gasteiger partial charge in [0.2, 0.25) is 5.95 Å². The largest absolute Gasteiger partial charge is 0.381 e. The smallest absolute Gasteiger partial charge is 0.282 e. The Labute approximate surface area is 166 Å². The zero-order valence-electron chi connectivity index (χ0n) is 15.5. The molecule has 3 heterocycles. The fourth-order valence-electron chi connectivity index (χ4n) is 3.30. The molecule has 28 heavy (non-hydrogen) atoms. The molecule has 0 aliphatic carbocycles. The van der Waals surface area contributed by atoms with Gasteiger partial charge in [-0.25, -0.2) is 4.39 Å². The van der Waals surface area contributed by atoms with Crippen LogP contribution in [-0.2, 0) is 11.3 Å². The maximum Gasteiger partial charge on any atom is 0.282 e. The average molecular weight is 400 g/mol. The van der Waals surface area contributed by atoms with Crippen LogP contribution in [0, 0.1) is 11.7 Å². The second kappa shape index (κ2) is 8.20. The first-order valence-electron chi connectivity index (χ1n) is 9.21. The Kier molecular flexibility index (Phi) is 5.50. The van der Waals surface area contributed by atoms with Crippen LogP contribution in [-0.4, -0.2) is 33.9 Å². The Balaban J connectivity index is 1.62. The standard InChI is InChI=1S/C20H21FN4O2S/c1-13-11-27-8-6-17(13)18-23-20(22-10-14-2-4-16(21)5-3-14)25(24-18)19(26)15-7-9-28-12-15/h2-5,7,9,12-13,17H,6,8,10-11H2,1H3,(H,22,23,24). The number of thiophene rings is 1. The van der Waals surface area contributed by atoms with Gasteiger partial charge in [-0.3, -0.25) is 4.79 Å². The molecule has 1 aliphatic heterocycles. The number of rotatable bonds is 5. The van der Waals surface area contributed by atoms with Crippen molar-refractivity contribution < 1.29 is 13.9 Å². The second-order valence-corrected chi connectivity index (χ2v) is 7.73. The predicted molar refractivity (Wildman–Crippen MR) is 105 cm³/mol. The summed E-state index contributed by atoms with van der Waals surface area (Å²) in [7, 11) is 0. The third-order valence-electron chi connectivity index (χ3n) is 4.92. The molecule has 4 rings (SSSR count). The molecular formula is C20H21FN4O2S. The summed E-state index contributed by atoms with van der Waals surface area (Å²) in [6.45, 7) is 3.85. The molecule has 146 valence electrons. The first kappa shape index (κ1) is 18.8. The van der Waals surface area contributed by atoms with E-state index in [0.29, 0.717) is 37.1 Å². The van der Waals surface area contributed by atoms with Gasteiger partial charge in [0.15, 0.2) is 5.82 Å². The quantitative estimate of drug-likeness (QED) is 0.703. The molecule has 2 atom stereocenters. The van der Waals surface area contributed by atoms with Crippen molar-refractivity contribution in [3.63, 3.8) is 0 Å². The minimum absolute atomic E-state index is 0.150. The molecular weight excluding hydrogens is 379 g/mol. The summed E-state index contributed by atoms with van der Waals surface area (Å²) in [5, 5.41) is 11.4. The van der Waals surface area contributed by atoms with Crippen LogP contribution in [0.2, 0.25) is 0 Å². The number of benzene rings is 1. The number of ether oxygens (including phenoxy) is 1. The first-order chi connectivity index (χ1) is 13.6. The van der Waals surface area contributed by atoms with Gasteiger partial charge in [-0.15, -0.1) is 5.10 Å². The highest BCUT2D eigenvalue weighted by Gasteiger charge is 2.29. The van der Waals surface area contributed by atoms with Crippen molar-refractivity contribution in [1.29, 1.82) is 0 Å². The van der Waals surface area contributed by atoms with Crippen LogP contribution >= 0.6 is 11.3 Å². The van der Waals surface area contributed by atoms with Crippen LogP contribution in [0.25, 0.3) is 0 Å². The number of carbonyl (C=O) groups is 1. The average Bonchev–Trinajstić information content (AvgIpc) is 3.38. The van der Waals surface area contributed by atoms with Crippen LogP contribution in [0.3, 0.4) is 0 Å². The Bertz CT molecular complexity index is 940. The van der Waals surface area contributed by atoms with Gasteiger partial charge in [-0.2, -0.15) is 21.0 Å². The molecule has 2 unspecified atom stereocenters. The Morgan fingerprint density at radius 2 is 2.18 bits per heavy atom. The molecule has 1 aliphatic rings. The number of hydrogen-bond donors (Lipinski definition) is 1. The van der Waals surface area contributed by atoms with Gasteiger partial charge < -0.3 is 10.1 Å². The predicted octanol–water partition coefficient (Wildman–Crippen LogP) is 3.92. The number of aromatic nitrogens is 3. The van der Waals surface area contributed by atoms with E-state index in [2.05, 4.69) is 22.3 Å². The normalized spacial score (nSPS) is 19.5. The van der Waals surface area contributed by atoms with E-state index in [1.165, 1.54) is 28.2 Å². The summed E-state index contributed by atoms with van der Waals surface area (Å²) in [5.41, 5.74) is 1.46. The lowest BCUT2D eigenvalue weighted by atomic mass is 9.89. The van der Waals surface area contributed by atoms with Crippen molar-refractivity contribution in [1.82, 2.24) is 14.8 Å². The van der Waals surface area contributed by atoms with Gasteiger partial charge in [-0.1, -0.05) is 19.1 Å². The lowest BCUT2D eigenvalue weighted by Gasteiger charge is -2.26. The van der Waals surface area contributed by atoms with E-state index in [1.54, 1.807) is 23.6 Å². The number of halogens is 1. The molecule has 1 N–H and O–H groups in total. The SMILES string of the molecule is CC1COCCC1c1nc(NCc2ccc(F)cc2)n(C(=O)c2ccsc2)n1. The van der Waals surface area contributed by atoms with Crippen molar-refractivity contribution in [2.24, 2.45) is 5.92 Å². The monoisotopic (exact) mass is 400 g/mol. The molecule has 2 aromatic heterocycles. The number of anilines is 1. The Hall–Kier alpha value is -2.58. The number of hydrogen-bond acceptors (Lipinski definition) is 6. The molecule has 1 fully saturated rings. The summed E-state index contributed by atoms with van der Waals surface area (Å²) < 4.78 is 20.0. The van der Waals surface area contributed by atoms with Gasteiger partial charge in [0, 0.05) is 31.1 Å². The zero-order valence-corrected chi connectivity index (χ0v) is 16.3. The van der Waals surface area contributed by atoms with Gasteiger partial charge >= 0.3 is 0 Å². The molecule has 0 bridgehead atoms. The molecule has 8 heteroatoms. The van der Waals surface area contributed by atoms with E-state index in [0.717, 1.165) is 12.0 Å². The first-order valence-corrected chi connectivity index (χ1v) is 10.2. The molecule has 0 amide bonds. The lowest BCUT2D eigenvalue weighted by molar-refractivity contribution is 0.0452. The fourth-order valence-corrected chi connectivity index (χ4v) is 3.93. The van der Waals surface area contributed by atoms with Crippen molar-refractivity contribution in [3.8, 4) is 0 Å². The zero-order chi connectivity index (χ0) is 19.5. The summed E-state index contributed by atoms with van der Waals surface area (Å²) in [6.07, 6.45) is 0.829. The van der Waals surface area contributed by atoms with Crippen LogP contribution in [0.4, 0.5) is 10.3 Å². The van der Waals surface area contributed by atoms with E-state index < -0.39 is 0 Å². The van der Waals surface area contributed by atoms with Crippen LogP contribution < -0.4 is 5.32 Å². The highest BCUT2D eigenvalue weighted by molar-refractivity contribution is 7.08.